The third-order valence-electron chi connectivity index (χ3n) is 3.51. The zero-order valence-corrected chi connectivity index (χ0v) is 12.4. The zero-order valence-electron chi connectivity index (χ0n) is 12.4. The Bertz CT molecular complexity index is 556. The topological polar surface area (TPSA) is 130 Å². The lowest BCUT2D eigenvalue weighted by molar-refractivity contribution is -0.151. The van der Waals surface area contributed by atoms with Crippen molar-refractivity contribution in [2.24, 2.45) is 11.1 Å². The molecule has 7 nitrogen and oxygen atoms in total. The van der Waals surface area contributed by atoms with Crippen molar-refractivity contribution in [1.29, 1.82) is 0 Å². The molecule has 0 heterocycles. The number of rotatable bonds is 7. The van der Waals surface area contributed by atoms with Crippen LogP contribution in [0.3, 0.4) is 0 Å². The van der Waals surface area contributed by atoms with E-state index in [1.165, 1.54) is 13.8 Å². The molecule has 120 valence electrons. The van der Waals surface area contributed by atoms with E-state index < -0.39 is 35.3 Å². The first kappa shape index (κ1) is 17.6. The molecule has 0 bridgehead atoms. The van der Waals surface area contributed by atoms with E-state index in [1.807, 2.05) is 0 Å². The van der Waals surface area contributed by atoms with Crippen molar-refractivity contribution in [1.82, 2.24) is 5.32 Å². The van der Waals surface area contributed by atoms with E-state index in [9.17, 15) is 19.5 Å². The maximum absolute atomic E-state index is 12.0. The Morgan fingerprint density at radius 3 is 2.18 bits per heavy atom. The fourth-order valence-corrected chi connectivity index (χ4v) is 1.77. The lowest BCUT2D eigenvalue weighted by Crippen LogP contribution is -2.56. The number of carboxylic acid groups (broad SMARTS) is 2. The first-order chi connectivity index (χ1) is 10.2. The molecular formula is C15H20N2O5. The van der Waals surface area contributed by atoms with Gasteiger partial charge in [0.25, 0.3) is 0 Å². The van der Waals surface area contributed by atoms with Gasteiger partial charge in [0.2, 0.25) is 5.91 Å². The van der Waals surface area contributed by atoms with Gasteiger partial charge in [0, 0.05) is 6.42 Å². The Hall–Kier alpha value is -2.41. The Kier molecular flexibility index (Phi) is 5.64. The fraction of sp³-hybridized carbons (Fsp3) is 0.400. The first-order valence-corrected chi connectivity index (χ1v) is 6.72. The van der Waals surface area contributed by atoms with Crippen LogP contribution in [0.1, 0.15) is 19.4 Å². The first-order valence-electron chi connectivity index (χ1n) is 6.72. The highest BCUT2D eigenvalue weighted by atomic mass is 16.4. The van der Waals surface area contributed by atoms with Gasteiger partial charge in [-0.25, -0.2) is 4.79 Å². The summed E-state index contributed by atoms with van der Waals surface area (Å²) in [6.07, 6.45) is 0.0854. The second-order valence-corrected chi connectivity index (χ2v) is 5.59. The molecule has 0 saturated heterocycles. The maximum Gasteiger partial charge on any atom is 0.326 e. The number of nitrogens with one attached hydrogen (secondary N) is 1. The van der Waals surface area contributed by atoms with Gasteiger partial charge in [-0.2, -0.15) is 0 Å². The van der Waals surface area contributed by atoms with Gasteiger partial charge in [-0.3, -0.25) is 9.59 Å². The van der Waals surface area contributed by atoms with Crippen LogP contribution in [0.4, 0.5) is 0 Å². The van der Waals surface area contributed by atoms with E-state index in [0.29, 0.717) is 0 Å². The molecule has 1 aromatic rings. The predicted octanol–water partition coefficient (Wildman–Crippen LogP) is 0.237. The van der Waals surface area contributed by atoms with E-state index in [-0.39, 0.29) is 6.42 Å². The predicted molar refractivity (Wildman–Crippen MR) is 79.1 cm³/mol. The van der Waals surface area contributed by atoms with Crippen LogP contribution in [0.25, 0.3) is 0 Å². The SMILES string of the molecule is CC(C)(C(=O)O)[C@H](N)C(=O)N[C@@H](Cc1ccccc1)C(=O)O. The van der Waals surface area contributed by atoms with E-state index in [1.54, 1.807) is 30.3 Å². The summed E-state index contributed by atoms with van der Waals surface area (Å²) in [6, 6.07) is 6.26. The molecule has 1 amide bonds. The second-order valence-electron chi connectivity index (χ2n) is 5.59. The number of carbonyl (C=O) groups excluding carboxylic acids is 1. The van der Waals surface area contributed by atoms with Crippen LogP contribution in [0.2, 0.25) is 0 Å². The van der Waals surface area contributed by atoms with Crippen molar-refractivity contribution < 1.29 is 24.6 Å². The Morgan fingerprint density at radius 1 is 1.18 bits per heavy atom. The molecule has 1 aromatic carbocycles. The van der Waals surface area contributed by atoms with E-state index in [4.69, 9.17) is 10.8 Å². The van der Waals surface area contributed by atoms with Crippen molar-refractivity contribution >= 4 is 17.8 Å². The minimum Gasteiger partial charge on any atom is -0.481 e. The molecule has 0 radical (unpaired) electrons. The van der Waals surface area contributed by atoms with Gasteiger partial charge in [-0.1, -0.05) is 30.3 Å². The van der Waals surface area contributed by atoms with Gasteiger partial charge in [0.1, 0.15) is 6.04 Å². The van der Waals surface area contributed by atoms with Gasteiger partial charge < -0.3 is 21.3 Å². The zero-order chi connectivity index (χ0) is 16.9. The standard InChI is InChI=1S/C15H20N2O5/c1-15(2,14(21)22)11(16)12(18)17-10(13(19)20)8-9-6-4-3-5-7-9/h3-7,10-11H,8,16H2,1-2H3,(H,17,18)(H,19,20)(H,21,22)/t10-,11+/m0/s1. The summed E-state index contributed by atoms with van der Waals surface area (Å²) in [7, 11) is 0. The molecule has 22 heavy (non-hydrogen) atoms. The highest BCUT2D eigenvalue weighted by Crippen LogP contribution is 2.19. The lowest BCUT2D eigenvalue weighted by Gasteiger charge is -2.27. The van der Waals surface area contributed by atoms with E-state index in [0.717, 1.165) is 5.56 Å². The van der Waals surface area contributed by atoms with Crippen molar-refractivity contribution in [3.05, 3.63) is 35.9 Å². The number of benzene rings is 1. The summed E-state index contributed by atoms with van der Waals surface area (Å²) in [4.78, 5) is 34.4. The number of hydrogen-bond donors (Lipinski definition) is 4. The highest BCUT2D eigenvalue weighted by Gasteiger charge is 2.40. The number of carboxylic acids is 2. The summed E-state index contributed by atoms with van der Waals surface area (Å²) in [5.74, 6) is -3.25. The number of aliphatic carboxylic acids is 2. The van der Waals surface area contributed by atoms with Crippen LogP contribution in [0, 0.1) is 5.41 Å². The Morgan fingerprint density at radius 2 is 1.73 bits per heavy atom. The van der Waals surface area contributed by atoms with Gasteiger partial charge in [-0.05, 0) is 19.4 Å². The molecular weight excluding hydrogens is 288 g/mol. The Labute approximate surface area is 128 Å². The summed E-state index contributed by atoms with van der Waals surface area (Å²) in [6.45, 7) is 2.62. The van der Waals surface area contributed by atoms with Crippen LogP contribution >= 0.6 is 0 Å². The van der Waals surface area contributed by atoms with Gasteiger partial charge in [0.05, 0.1) is 11.5 Å². The van der Waals surface area contributed by atoms with Crippen LogP contribution in [-0.2, 0) is 20.8 Å². The Balaban J connectivity index is 2.81. The molecule has 2 atom stereocenters. The molecule has 0 saturated carbocycles. The normalized spacial score (nSPS) is 14.0. The molecule has 0 fully saturated rings. The summed E-state index contributed by atoms with van der Waals surface area (Å²) < 4.78 is 0. The van der Waals surface area contributed by atoms with Crippen molar-refractivity contribution in [3.8, 4) is 0 Å². The summed E-state index contributed by atoms with van der Waals surface area (Å²) >= 11 is 0. The number of hydrogen-bond acceptors (Lipinski definition) is 4. The van der Waals surface area contributed by atoms with Crippen LogP contribution in [0.5, 0.6) is 0 Å². The monoisotopic (exact) mass is 308 g/mol. The minimum atomic E-state index is -1.50. The maximum atomic E-state index is 12.0. The van der Waals surface area contributed by atoms with Crippen LogP contribution in [0.15, 0.2) is 30.3 Å². The van der Waals surface area contributed by atoms with Crippen LogP contribution < -0.4 is 11.1 Å². The van der Waals surface area contributed by atoms with Crippen molar-refractivity contribution in [3.63, 3.8) is 0 Å². The molecule has 5 N–H and O–H groups in total. The molecule has 0 unspecified atom stereocenters. The average Bonchev–Trinajstić information content (AvgIpc) is 2.46. The second kappa shape index (κ2) is 7.04. The summed E-state index contributed by atoms with van der Waals surface area (Å²) in [5, 5.41) is 20.6. The highest BCUT2D eigenvalue weighted by molar-refractivity contribution is 5.91. The van der Waals surface area contributed by atoms with Gasteiger partial charge >= 0.3 is 11.9 Å². The molecule has 7 heteroatoms. The molecule has 1 rings (SSSR count). The minimum absolute atomic E-state index is 0.0854. The molecule has 0 aliphatic carbocycles. The van der Waals surface area contributed by atoms with Gasteiger partial charge in [0.15, 0.2) is 0 Å². The molecule has 0 aromatic heterocycles. The number of nitrogens with two attached hydrogens (primary N) is 1. The largest absolute Gasteiger partial charge is 0.481 e. The third-order valence-corrected chi connectivity index (χ3v) is 3.51. The lowest BCUT2D eigenvalue weighted by atomic mass is 9.84. The van der Waals surface area contributed by atoms with Crippen LogP contribution in [-0.4, -0.2) is 40.1 Å². The smallest absolute Gasteiger partial charge is 0.326 e. The molecule has 0 aliphatic rings. The fourth-order valence-electron chi connectivity index (χ4n) is 1.77. The summed E-state index contributed by atoms with van der Waals surface area (Å²) in [5.41, 5.74) is 4.89. The van der Waals surface area contributed by atoms with Crippen molar-refractivity contribution in [2.45, 2.75) is 32.4 Å². The van der Waals surface area contributed by atoms with Crippen molar-refractivity contribution in [2.75, 3.05) is 0 Å². The average molecular weight is 308 g/mol. The van der Waals surface area contributed by atoms with E-state index >= 15 is 0 Å². The molecule has 0 spiro atoms. The third kappa shape index (κ3) is 4.29. The van der Waals surface area contributed by atoms with Gasteiger partial charge in [-0.15, -0.1) is 0 Å². The molecule has 0 aliphatic heterocycles. The van der Waals surface area contributed by atoms with E-state index in [2.05, 4.69) is 5.32 Å². The number of amides is 1. The number of carbonyl (C=O) groups is 3. The quantitative estimate of drug-likeness (QED) is 0.571.